The van der Waals surface area contributed by atoms with E-state index in [9.17, 15) is 8.42 Å². The van der Waals surface area contributed by atoms with Gasteiger partial charge in [0, 0.05) is 28.9 Å². The van der Waals surface area contributed by atoms with Crippen molar-refractivity contribution in [3.8, 4) is 0 Å². The van der Waals surface area contributed by atoms with Gasteiger partial charge in [-0.05, 0) is 68.5 Å². The van der Waals surface area contributed by atoms with E-state index in [-0.39, 0.29) is 6.04 Å². The third-order valence-corrected chi connectivity index (χ3v) is 6.81. The number of nitrogens with one attached hydrogen (secondary N) is 2. The molecule has 6 heteroatoms. The summed E-state index contributed by atoms with van der Waals surface area (Å²) in [5.74, 6) is 0.344. The average Bonchev–Trinajstić information content (AvgIpc) is 2.93. The standard InChI is InChI=1S/C19H23ClN2O2S/c1-12-9-19(13(2)8-17(12)20)25(23,24)22-14(3)10-15-11-21-18-7-5-4-6-16(15)18/h4-5,7-9,11,14,16,21-22H,6,10H2,1-3H3. The molecule has 0 bridgehead atoms. The first-order valence-corrected chi connectivity index (χ1v) is 10.3. The lowest BCUT2D eigenvalue weighted by Crippen LogP contribution is -2.33. The van der Waals surface area contributed by atoms with Crippen LogP contribution in [-0.4, -0.2) is 14.5 Å². The molecule has 0 saturated carbocycles. The monoisotopic (exact) mass is 378 g/mol. The third kappa shape index (κ3) is 3.84. The van der Waals surface area contributed by atoms with Crippen molar-refractivity contribution >= 4 is 21.6 Å². The molecule has 1 aliphatic heterocycles. The van der Waals surface area contributed by atoms with E-state index in [1.54, 1.807) is 19.1 Å². The van der Waals surface area contributed by atoms with Crippen molar-refractivity contribution < 1.29 is 8.42 Å². The summed E-state index contributed by atoms with van der Waals surface area (Å²) >= 11 is 6.08. The Morgan fingerprint density at radius 1 is 1.32 bits per heavy atom. The summed E-state index contributed by atoms with van der Waals surface area (Å²) in [5, 5.41) is 3.87. The summed E-state index contributed by atoms with van der Waals surface area (Å²) in [6, 6.07) is 3.14. The van der Waals surface area contributed by atoms with Crippen LogP contribution in [0.3, 0.4) is 0 Å². The molecule has 0 spiro atoms. The molecule has 3 rings (SSSR count). The number of sulfonamides is 1. The van der Waals surface area contributed by atoms with Crippen LogP contribution in [0.15, 0.2) is 52.7 Å². The van der Waals surface area contributed by atoms with Crippen molar-refractivity contribution in [2.24, 2.45) is 5.92 Å². The van der Waals surface area contributed by atoms with Crippen molar-refractivity contribution in [1.29, 1.82) is 0 Å². The van der Waals surface area contributed by atoms with Gasteiger partial charge >= 0.3 is 0 Å². The summed E-state index contributed by atoms with van der Waals surface area (Å²) in [6.07, 6.45) is 9.91. The van der Waals surface area contributed by atoms with E-state index in [0.717, 1.165) is 12.0 Å². The number of hydrogen-bond donors (Lipinski definition) is 2. The number of rotatable bonds is 5. The van der Waals surface area contributed by atoms with Crippen LogP contribution in [0.1, 0.15) is 30.9 Å². The van der Waals surface area contributed by atoms with Crippen LogP contribution < -0.4 is 10.0 Å². The molecule has 2 unspecified atom stereocenters. The number of fused-ring (bicyclic) bond motifs is 1. The molecule has 0 radical (unpaired) electrons. The van der Waals surface area contributed by atoms with E-state index in [4.69, 9.17) is 11.6 Å². The van der Waals surface area contributed by atoms with Crippen molar-refractivity contribution in [2.45, 2.75) is 44.6 Å². The van der Waals surface area contributed by atoms with Gasteiger partial charge in [0.15, 0.2) is 0 Å². The van der Waals surface area contributed by atoms with Crippen LogP contribution in [0.25, 0.3) is 0 Å². The summed E-state index contributed by atoms with van der Waals surface area (Å²) < 4.78 is 28.3. The van der Waals surface area contributed by atoms with Gasteiger partial charge in [-0.3, -0.25) is 0 Å². The molecule has 134 valence electrons. The lowest BCUT2D eigenvalue weighted by Gasteiger charge is -2.21. The molecule has 1 aromatic rings. The smallest absolute Gasteiger partial charge is 0.241 e. The number of aryl methyl sites for hydroxylation is 2. The lowest BCUT2D eigenvalue weighted by atomic mass is 9.89. The molecule has 0 fully saturated rings. The highest BCUT2D eigenvalue weighted by Gasteiger charge is 2.27. The minimum absolute atomic E-state index is 0.196. The Balaban J connectivity index is 1.72. The van der Waals surface area contributed by atoms with Crippen LogP contribution in [0.4, 0.5) is 0 Å². The fourth-order valence-electron chi connectivity index (χ4n) is 3.37. The second-order valence-electron chi connectivity index (χ2n) is 6.80. The zero-order valence-electron chi connectivity index (χ0n) is 14.6. The maximum absolute atomic E-state index is 12.8. The van der Waals surface area contributed by atoms with Gasteiger partial charge in [0.25, 0.3) is 0 Å². The zero-order chi connectivity index (χ0) is 18.2. The Hall–Kier alpha value is -1.56. The predicted octanol–water partition coefficient (Wildman–Crippen LogP) is 3.96. The fraction of sp³-hybridized carbons (Fsp3) is 0.368. The molecule has 1 aliphatic carbocycles. The quantitative estimate of drug-likeness (QED) is 0.815. The highest BCUT2D eigenvalue weighted by Crippen LogP contribution is 2.33. The van der Waals surface area contributed by atoms with Gasteiger partial charge in [0.1, 0.15) is 0 Å². The Labute approximate surface area is 154 Å². The van der Waals surface area contributed by atoms with E-state index in [2.05, 4.69) is 22.2 Å². The van der Waals surface area contributed by atoms with Gasteiger partial charge < -0.3 is 5.32 Å². The summed E-state index contributed by atoms with van der Waals surface area (Å²) in [4.78, 5) is 0.293. The third-order valence-electron chi connectivity index (χ3n) is 4.67. The number of hydrogen-bond acceptors (Lipinski definition) is 3. The molecule has 2 N–H and O–H groups in total. The molecular weight excluding hydrogens is 356 g/mol. The van der Waals surface area contributed by atoms with E-state index in [1.807, 2.05) is 26.1 Å². The first-order chi connectivity index (χ1) is 11.8. The molecule has 4 nitrogen and oxygen atoms in total. The second kappa shape index (κ2) is 6.98. The maximum atomic E-state index is 12.8. The summed E-state index contributed by atoms with van der Waals surface area (Å²) in [6.45, 7) is 5.47. The number of halogens is 1. The molecule has 0 amide bonds. The first-order valence-electron chi connectivity index (χ1n) is 8.39. The molecule has 1 aromatic carbocycles. The van der Waals surface area contributed by atoms with Crippen molar-refractivity contribution in [3.63, 3.8) is 0 Å². The summed E-state index contributed by atoms with van der Waals surface area (Å²) in [5.41, 5.74) is 3.83. The highest BCUT2D eigenvalue weighted by atomic mass is 35.5. The predicted molar refractivity (Wildman–Crippen MR) is 102 cm³/mol. The Morgan fingerprint density at radius 3 is 2.84 bits per heavy atom. The topological polar surface area (TPSA) is 58.2 Å². The van der Waals surface area contributed by atoms with Gasteiger partial charge in [0.05, 0.1) is 4.90 Å². The minimum Gasteiger partial charge on any atom is -0.365 e. The van der Waals surface area contributed by atoms with Crippen molar-refractivity contribution in [2.75, 3.05) is 0 Å². The number of benzene rings is 1. The van der Waals surface area contributed by atoms with Gasteiger partial charge in [-0.2, -0.15) is 0 Å². The average molecular weight is 379 g/mol. The van der Waals surface area contributed by atoms with E-state index in [1.165, 1.54) is 11.3 Å². The van der Waals surface area contributed by atoms with Gasteiger partial charge in [-0.15, -0.1) is 0 Å². The number of allylic oxidation sites excluding steroid dienone is 4. The first kappa shape index (κ1) is 18.2. The molecule has 2 atom stereocenters. The Morgan fingerprint density at radius 2 is 2.08 bits per heavy atom. The molecule has 0 saturated heterocycles. The van der Waals surface area contributed by atoms with E-state index < -0.39 is 10.0 Å². The van der Waals surface area contributed by atoms with Crippen LogP contribution in [0.2, 0.25) is 5.02 Å². The maximum Gasteiger partial charge on any atom is 0.241 e. The van der Waals surface area contributed by atoms with E-state index >= 15 is 0 Å². The minimum atomic E-state index is -3.59. The van der Waals surface area contributed by atoms with Crippen LogP contribution >= 0.6 is 11.6 Å². The van der Waals surface area contributed by atoms with Gasteiger partial charge in [0.2, 0.25) is 10.0 Å². The Bertz CT molecular complexity index is 885. The second-order valence-corrected chi connectivity index (χ2v) is 8.88. The van der Waals surface area contributed by atoms with Gasteiger partial charge in [-0.25, -0.2) is 13.1 Å². The molecule has 1 heterocycles. The van der Waals surface area contributed by atoms with Gasteiger partial charge in [-0.1, -0.05) is 23.8 Å². The summed E-state index contributed by atoms with van der Waals surface area (Å²) in [7, 11) is -3.59. The molecular formula is C19H23ClN2O2S. The molecule has 25 heavy (non-hydrogen) atoms. The fourth-order valence-corrected chi connectivity index (χ4v) is 5.15. The van der Waals surface area contributed by atoms with E-state index in [0.29, 0.717) is 27.8 Å². The van der Waals surface area contributed by atoms with Crippen molar-refractivity contribution in [3.05, 3.63) is 64.0 Å². The highest BCUT2D eigenvalue weighted by molar-refractivity contribution is 7.89. The zero-order valence-corrected chi connectivity index (χ0v) is 16.2. The normalized spacial score (nSPS) is 20.6. The van der Waals surface area contributed by atoms with Crippen LogP contribution in [0.5, 0.6) is 0 Å². The molecule has 2 aliphatic rings. The van der Waals surface area contributed by atoms with Crippen LogP contribution in [0, 0.1) is 19.8 Å². The SMILES string of the molecule is Cc1cc(S(=O)(=O)NC(C)CC2=CNC3=CC=CCC23)c(C)cc1Cl. The van der Waals surface area contributed by atoms with Crippen LogP contribution in [-0.2, 0) is 10.0 Å². The largest absolute Gasteiger partial charge is 0.365 e. The van der Waals surface area contributed by atoms with Crippen molar-refractivity contribution in [1.82, 2.24) is 10.0 Å². The lowest BCUT2D eigenvalue weighted by molar-refractivity contribution is 0.549. The Kier molecular flexibility index (Phi) is 5.09. The molecule has 0 aromatic heterocycles.